The van der Waals surface area contributed by atoms with Crippen molar-refractivity contribution in [1.29, 1.82) is 0 Å². The summed E-state index contributed by atoms with van der Waals surface area (Å²) in [7, 11) is 0. The van der Waals surface area contributed by atoms with E-state index in [9.17, 15) is 9.18 Å². The van der Waals surface area contributed by atoms with E-state index < -0.39 is 0 Å². The molecule has 0 bridgehead atoms. The van der Waals surface area contributed by atoms with Crippen LogP contribution in [0.4, 0.5) is 15.2 Å². The Hall–Kier alpha value is -2.25. The molecule has 0 aliphatic rings. The fraction of sp³-hybridized carbons (Fsp3) is 0.200. The van der Waals surface area contributed by atoms with E-state index >= 15 is 0 Å². The molecule has 0 aliphatic heterocycles. The van der Waals surface area contributed by atoms with Gasteiger partial charge in [0, 0.05) is 12.3 Å². The predicted molar refractivity (Wildman–Crippen MR) is 109 cm³/mol. The average molecular weight is 449 g/mol. The molecular formula is C20H18BrFN2O2S. The standard InChI is InChI=1S/C20H18BrFN2O2S/c1-12-4-6-18(13(2)8-12)24(14(3)25)20-23-16(11-27-20)10-26-19-7-5-15(22)9-17(19)21/h4-9,11H,10H2,1-3H3. The summed E-state index contributed by atoms with van der Waals surface area (Å²) in [6.45, 7) is 5.73. The Labute approximate surface area is 169 Å². The van der Waals surface area contributed by atoms with Crippen LogP contribution in [0.2, 0.25) is 0 Å². The molecule has 0 unspecified atom stereocenters. The van der Waals surface area contributed by atoms with Crippen LogP contribution in [-0.4, -0.2) is 10.9 Å². The minimum atomic E-state index is -0.337. The highest BCUT2D eigenvalue weighted by atomic mass is 79.9. The quantitative estimate of drug-likeness (QED) is 0.485. The molecular weight excluding hydrogens is 431 g/mol. The van der Waals surface area contributed by atoms with Crippen molar-refractivity contribution in [3.63, 3.8) is 0 Å². The first-order chi connectivity index (χ1) is 12.8. The van der Waals surface area contributed by atoms with Gasteiger partial charge in [-0.25, -0.2) is 9.37 Å². The Morgan fingerprint density at radius 3 is 2.70 bits per heavy atom. The van der Waals surface area contributed by atoms with Gasteiger partial charge in [-0.2, -0.15) is 0 Å². The normalized spacial score (nSPS) is 10.7. The topological polar surface area (TPSA) is 42.4 Å². The SMILES string of the molecule is CC(=O)N(c1nc(COc2ccc(F)cc2Br)cs1)c1ccc(C)cc1C. The third-order valence-electron chi connectivity index (χ3n) is 3.91. The third kappa shape index (κ3) is 4.54. The van der Waals surface area contributed by atoms with Crippen LogP contribution in [0.1, 0.15) is 23.7 Å². The molecule has 0 spiro atoms. The molecule has 1 heterocycles. The molecule has 0 saturated heterocycles. The molecule has 0 aliphatic carbocycles. The van der Waals surface area contributed by atoms with Gasteiger partial charge >= 0.3 is 0 Å². The van der Waals surface area contributed by atoms with E-state index in [0.717, 1.165) is 16.8 Å². The number of carbonyl (C=O) groups is 1. The molecule has 140 valence electrons. The second kappa shape index (κ2) is 8.19. The molecule has 3 rings (SSSR count). The van der Waals surface area contributed by atoms with E-state index in [-0.39, 0.29) is 18.3 Å². The van der Waals surface area contributed by atoms with Crippen LogP contribution in [0.3, 0.4) is 0 Å². The van der Waals surface area contributed by atoms with E-state index in [1.807, 2.05) is 37.4 Å². The van der Waals surface area contributed by atoms with E-state index in [0.29, 0.717) is 21.0 Å². The Morgan fingerprint density at radius 2 is 2.04 bits per heavy atom. The molecule has 0 atom stereocenters. The highest BCUT2D eigenvalue weighted by Crippen LogP contribution is 2.32. The number of aryl methyl sites for hydroxylation is 2. The zero-order chi connectivity index (χ0) is 19.6. The zero-order valence-corrected chi connectivity index (χ0v) is 17.5. The largest absolute Gasteiger partial charge is 0.486 e. The number of hydrogen-bond acceptors (Lipinski definition) is 4. The summed E-state index contributed by atoms with van der Waals surface area (Å²) in [5.74, 6) is 0.0875. The second-order valence-corrected chi connectivity index (χ2v) is 7.82. The van der Waals surface area contributed by atoms with Crippen molar-refractivity contribution in [2.45, 2.75) is 27.4 Å². The van der Waals surface area contributed by atoms with Gasteiger partial charge < -0.3 is 4.74 Å². The molecule has 0 saturated carbocycles. The van der Waals surface area contributed by atoms with Gasteiger partial charge in [0.2, 0.25) is 5.91 Å². The summed E-state index contributed by atoms with van der Waals surface area (Å²) in [5.41, 5.74) is 3.66. The summed E-state index contributed by atoms with van der Waals surface area (Å²) >= 11 is 4.65. The van der Waals surface area contributed by atoms with Crippen molar-refractivity contribution >= 4 is 44.0 Å². The molecule has 0 radical (unpaired) electrons. The Kier molecular flexibility index (Phi) is 5.92. The minimum Gasteiger partial charge on any atom is -0.486 e. The van der Waals surface area contributed by atoms with E-state index in [4.69, 9.17) is 4.74 Å². The molecule has 7 heteroatoms. The van der Waals surface area contributed by atoms with E-state index in [2.05, 4.69) is 20.9 Å². The van der Waals surface area contributed by atoms with E-state index in [1.165, 1.54) is 30.4 Å². The number of ether oxygens (including phenoxy) is 1. The van der Waals surface area contributed by atoms with Crippen molar-refractivity contribution in [3.05, 3.63) is 68.9 Å². The lowest BCUT2D eigenvalue weighted by atomic mass is 10.1. The number of halogens is 2. The third-order valence-corrected chi connectivity index (χ3v) is 5.40. The number of carbonyl (C=O) groups excluding carboxylic acids is 1. The Morgan fingerprint density at radius 1 is 1.26 bits per heavy atom. The van der Waals surface area contributed by atoms with Gasteiger partial charge in [0.1, 0.15) is 18.2 Å². The lowest BCUT2D eigenvalue weighted by Crippen LogP contribution is -2.23. The van der Waals surface area contributed by atoms with Gasteiger partial charge in [0.15, 0.2) is 5.13 Å². The highest BCUT2D eigenvalue weighted by Gasteiger charge is 2.20. The molecule has 3 aromatic rings. The summed E-state index contributed by atoms with van der Waals surface area (Å²) in [6.07, 6.45) is 0. The highest BCUT2D eigenvalue weighted by molar-refractivity contribution is 9.10. The van der Waals surface area contributed by atoms with Crippen LogP contribution in [0, 0.1) is 19.7 Å². The number of thiazole rings is 1. The molecule has 0 fully saturated rings. The van der Waals surface area contributed by atoms with Crippen LogP contribution in [0.5, 0.6) is 5.75 Å². The zero-order valence-electron chi connectivity index (χ0n) is 15.1. The van der Waals surface area contributed by atoms with Crippen molar-refractivity contribution in [2.75, 3.05) is 4.90 Å². The maximum atomic E-state index is 13.2. The van der Waals surface area contributed by atoms with Gasteiger partial charge in [-0.3, -0.25) is 9.69 Å². The van der Waals surface area contributed by atoms with Crippen molar-refractivity contribution in [3.8, 4) is 5.75 Å². The van der Waals surface area contributed by atoms with Gasteiger partial charge in [-0.1, -0.05) is 17.7 Å². The Bertz CT molecular complexity index is 990. The fourth-order valence-corrected chi connectivity index (χ4v) is 4.00. The fourth-order valence-electron chi connectivity index (χ4n) is 2.67. The van der Waals surface area contributed by atoms with Crippen LogP contribution in [0.15, 0.2) is 46.3 Å². The van der Waals surface area contributed by atoms with Gasteiger partial charge in [0.05, 0.1) is 15.9 Å². The van der Waals surface area contributed by atoms with Crippen LogP contribution in [-0.2, 0) is 11.4 Å². The van der Waals surface area contributed by atoms with Crippen molar-refractivity contribution < 1.29 is 13.9 Å². The second-order valence-electron chi connectivity index (χ2n) is 6.13. The number of hydrogen-bond donors (Lipinski definition) is 0. The van der Waals surface area contributed by atoms with Crippen molar-refractivity contribution in [1.82, 2.24) is 4.98 Å². The summed E-state index contributed by atoms with van der Waals surface area (Å²) in [4.78, 5) is 18.4. The summed E-state index contributed by atoms with van der Waals surface area (Å²) in [6, 6.07) is 10.2. The van der Waals surface area contributed by atoms with Crippen LogP contribution in [0.25, 0.3) is 0 Å². The summed E-state index contributed by atoms with van der Waals surface area (Å²) < 4.78 is 19.4. The van der Waals surface area contributed by atoms with Crippen molar-refractivity contribution in [2.24, 2.45) is 0 Å². The Balaban J connectivity index is 1.81. The number of nitrogens with zero attached hydrogens (tertiary/aromatic N) is 2. The molecule has 0 N–H and O–H groups in total. The first-order valence-electron chi connectivity index (χ1n) is 8.25. The molecule has 27 heavy (non-hydrogen) atoms. The van der Waals surface area contributed by atoms with E-state index in [1.54, 1.807) is 11.0 Å². The van der Waals surface area contributed by atoms with Gasteiger partial charge in [-0.05, 0) is 59.6 Å². The number of anilines is 2. The number of rotatable bonds is 5. The molecule has 2 aromatic carbocycles. The maximum absolute atomic E-state index is 13.2. The maximum Gasteiger partial charge on any atom is 0.230 e. The van der Waals surface area contributed by atoms with Crippen LogP contribution >= 0.6 is 27.3 Å². The van der Waals surface area contributed by atoms with Gasteiger partial charge in [-0.15, -0.1) is 11.3 Å². The lowest BCUT2D eigenvalue weighted by molar-refractivity contribution is -0.115. The monoisotopic (exact) mass is 448 g/mol. The molecule has 1 amide bonds. The van der Waals surface area contributed by atoms with Crippen LogP contribution < -0.4 is 9.64 Å². The predicted octanol–water partition coefficient (Wildman–Crippen LogP) is 5.93. The van der Waals surface area contributed by atoms with Gasteiger partial charge in [0.25, 0.3) is 0 Å². The number of benzene rings is 2. The minimum absolute atomic E-state index is 0.106. The first kappa shape index (κ1) is 19.5. The molecule has 1 aromatic heterocycles. The number of aromatic nitrogens is 1. The summed E-state index contributed by atoms with van der Waals surface area (Å²) in [5, 5.41) is 2.44. The number of amides is 1. The molecule has 4 nitrogen and oxygen atoms in total. The average Bonchev–Trinajstić information content (AvgIpc) is 3.04. The smallest absolute Gasteiger partial charge is 0.230 e. The lowest BCUT2D eigenvalue weighted by Gasteiger charge is -2.20. The first-order valence-corrected chi connectivity index (χ1v) is 9.92.